The Hall–Kier alpha value is -1.80. The van der Waals surface area contributed by atoms with E-state index in [1.54, 1.807) is 42.5 Å². The van der Waals surface area contributed by atoms with E-state index in [-0.39, 0.29) is 12.5 Å². The van der Waals surface area contributed by atoms with Crippen LogP contribution in [0.15, 0.2) is 42.5 Å². The van der Waals surface area contributed by atoms with Crippen LogP contribution in [0, 0.1) is 0 Å². The minimum Gasteiger partial charge on any atom is -0.352 e. The summed E-state index contributed by atoms with van der Waals surface area (Å²) < 4.78 is 25.8. The number of rotatable bonds is 8. The molecule has 0 aromatic heterocycles. The predicted octanol–water partition coefficient (Wildman–Crippen LogP) is 3.04. The zero-order valence-electron chi connectivity index (χ0n) is 14.8. The van der Waals surface area contributed by atoms with Gasteiger partial charge < -0.3 is 11.1 Å². The Labute approximate surface area is 169 Å². The lowest BCUT2D eigenvalue weighted by Crippen LogP contribution is -2.29. The third-order valence-electron chi connectivity index (χ3n) is 3.83. The van der Waals surface area contributed by atoms with Crippen molar-refractivity contribution >= 4 is 44.8 Å². The van der Waals surface area contributed by atoms with Crippen LogP contribution in [0.4, 0.5) is 5.69 Å². The SMILES string of the molecule is CS(=O)(=O)N(Cc1cccc(Cl)c1Cl)c1ccc(C(=O)NCCCN)cc1. The fourth-order valence-electron chi connectivity index (χ4n) is 2.41. The maximum atomic E-state index is 12.3. The number of benzene rings is 2. The minimum atomic E-state index is -3.58. The molecule has 0 atom stereocenters. The van der Waals surface area contributed by atoms with E-state index in [9.17, 15) is 13.2 Å². The molecule has 9 heteroatoms. The second kappa shape index (κ2) is 9.41. The van der Waals surface area contributed by atoms with Gasteiger partial charge in [0.15, 0.2) is 0 Å². The van der Waals surface area contributed by atoms with Crippen molar-refractivity contribution < 1.29 is 13.2 Å². The molecule has 0 aliphatic carbocycles. The van der Waals surface area contributed by atoms with Crippen molar-refractivity contribution in [2.45, 2.75) is 13.0 Å². The number of nitrogens with one attached hydrogen (secondary N) is 1. The highest BCUT2D eigenvalue weighted by atomic mass is 35.5. The van der Waals surface area contributed by atoms with Gasteiger partial charge in [-0.3, -0.25) is 9.10 Å². The normalized spacial score (nSPS) is 11.3. The van der Waals surface area contributed by atoms with Crippen molar-refractivity contribution in [1.82, 2.24) is 5.32 Å². The summed E-state index contributed by atoms with van der Waals surface area (Å²) in [6.45, 7) is 1.01. The first-order chi connectivity index (χ1) is 12.7. The molecular formula is C18H21Cl2N3O3S. The Morgan fingerprint density at radius 2 is 1.81 bits per heavy atom. The van der Waals surface area contributed by atoms with E-state index in [1.165, 1.54) is 4.31 Å². The third kappa shape index (κ3) is 5.84. The topological polar surface area (TPSA) is 92.5 Å². The Kier molecular flexibility index (Phi) is 7.49. The van der Waals surface area contributed by atoms with E-state index < -0.39 is 10.0 Å². The van der Waals surface area contributed by atoms with Crippen molar-refractivity contribution in [2.75, 3.05) is 23.7 Å². The highest BCUT2D eigenvalue weighted by Gasteiger charge is 2.20. The van der Waals surface area contributed by atoms with Crippen LogP contribution in [0.5, 0.6) is 0 Å². The van der Waals surface area contributed by atoms with Gasteiger partial charge in [-0.15, -0.1) is 0 Å². The van der Waals surface area contributed by atoms with Gasteiger partial charge in [0.2, 0.25) is 10.0 Å². The standard InChI is InChI=1S/C18H21Cl2N3O3S/c1-27(25,26)23(12-14-4-2-5-16(19)17(14)20)15-8-6-13(7-9-15)18(24)22-11-3-10-21/h2,4-9H,3,10-12,21H2,1H3,(H,22,24). The van der Waals surface area contributed by atoms with Crippen LogP contribution >= 0.6 is 23.2 Å². The molecule has 2 aromatic rings. The summed E-state index contributed by atoms with van der Waals surface area (Å²) in [6.07, 6.45) is 1.80. The monoisotopic (exact) mass is 429 g/mol. The van der Waals surface area contributed by atoms with Gasteiger partial charge in [-0.2, -0.15) is 0 Å². The molecule has 2 rings (SSSR count). The Morgan fingerprint density at radius 3 is 2.41 bits per heavy atom. The second-order valence-electron chi connectivity index (χ2n) is 5.93. The van der Waals surface area contributed by atoms with Crippen LogP contribution in [0.1, 0.15) is 22.3 Å². The van der Waals surface area contributed by atoms with E-state index >= 15 is 0 Å². The number of halogens is 2. The fraction of sp³-hybridized carbons (Fsp3) is 0.278. The molecule has 0 heterocycles. The number of carbonyl (C=O) groups excluding carboxylic acids is 1. The number of hydrogen-bond acceptors (Lipinski definition) is 4. The van der Waals surface area contributed by atoms with E-state index in [1.807, 2.05) is 0 Å². The molecule has 2 aromatic carbocycles. The van der Waals surface area contributed by atoms with Gasteiger partial charge in [-0.25, -0.2) is 8.42 Å². The summed E-state index contributed by atoms with van der Waals surface area (Å²) in [5, 5.41) is 3.41. The number of hydrogen-bond donors (Lipinski definition) is 2. The molecule has 1 amide bonds. The summed E-state index contributed by atoms with van der Waals surface area (Å²) in [4.78, 5) is 12.1. The largest absolute Gasteiger partial charge is 0.352 e. The molecule has 0 unspecified atom stereocenters. The van der Waals surface area contributed by atoms with Crippen LogP contribution in [-0.2, 0) is 16.6 Å². The maximum Gasteiger partial charge on any atom is 0.251 e. The van der Waals surface area contributed by atoms with Crippen molar-refractivity contribution in [3.63, 3.8) is 0 Å². The zero-order valence-corrected chi connectivity index (χ0v) is 17.1. The Balaban J connectivity index is 2.25. The minimum absolute atomic E-state index is 0.0280. The molecule has 3 N–H and O–H groups in total. The van der Waals surface area contributed by atoms with Crippen molar-refractivity contribution in [2.24, 2.45) is 5.73 Å². The van der Waals surface area contributed by atoms with Gasteiger partial charge in [-0.05, 0) is 48.9 Å². The van der Waals surface area contributed by atoms with Crippen LogP contribution in [0.3, 0.4) is 0 Å². The first-order valence-corrected chi connectivity index (χ1v) is 10.8. The van der Waals surface area contributed by atoms with E-state index in [0.717, 1.165) is 6.26 Å². The van der Waals surface area contributed by atoms with Crippen LogP contribution in [-0.4, -0.2) is 33.7 Å². The zero-order chi connectivity index (χ0) is 20.0. The van der Waals surface area contributed by atoms with E-state index in [4.69, 9.17) is 28.9 Å². The van der Waals surface area contributed by atoms with Crippen LogP contribution in [0.25, 0.3) is 0 Å². The molecular weight excluding hydrogens is 409 g/mol. The lowest BCUT2D eigenvalue weighted by atomic mass is 10.1. The molecule has 0 saturated heterocycles. The first-order valence-electron chi connectivity index (χ1n) is 8.23. The molecule has 0 fully saturated rings. The van der Waals surface area contributed by atoms with Crippen molar-refractivity contribution in [1.29, 1.82) is 0 Å². The molecule has 0 aliphatic heterocycles. The summed E-state index contributed by atoms with van der Waals surface area (Å²) >= 11 is 12.2. The van der Waals surface area contributed by atoms with Gasteiger partial charge in [0.25, 0.3) is 5.91 Å². The first kappa shape index (κ1) is 21.5. The molecule has 0 aliphatic rings. The second-order valence-corrected chi connectivity index (χ2v) is 8.62. The Bertz CT molecular complexity index is 903. The fourth-order valence-corrected chi connectivity index (χ4v) is 3.67. The molecule has 0 saturated carbocycles. The lowest BCUT2D eigenvalue weighted by Gasteiger charge is -2.23. The van der Waals surface area contributed by atoms with Crippen molar-refractivity contribution in [3.05, 3.63) is 63.6 Å². The van der Waals surface area contributed by atoms with Gasteiger partial charge in [0.05, 0.1) is 28.5 Å². The van der Waals surface area contributed by atoms with Crippen molar-refractivity contribution in [3.8, 4) is 0 Å². The van der Waals surface area contributed by atoms with E-state index in [2.05, 4.69) is 5.32 Å². The summed E-state index contributed by atoms with van der Waals surface area (Å²) in [5.41, 5.74) is 6.84. The van der Waals surface area contributed by atoms with Crippen LogP contribution < -0.4 is 15.4 Å². The molecule has 27 heavy (non-hydrogen) atoms. The molecule has 146 valence electrons. The Morgan fingerprint density at radius 1 is 1.15 bits per heavy atom. The van der Waals surface area contributed by atoms with E-state index in [0.29, 0.717) is 46.4 Å². The number of amides is 1. The summed E-state index contributed by atoms with van der Waals surface area (Å²) in [5.74, 6) is -0.237. The third-order valence-corrected chi connectivity index (χ3v) is 5.83. The number of anilines is 1. The quantitative estimate of drug-likeness (QED) is 0.630. The maximum absolute atomic E-state index is 12.3. The van der Waals surface area contributed by atoms with Gasteiger partial charge in [0.1, 0.15) is 0 Å². The number of carbonyl (C=O) groups is 1. The number of nitrogens with two attached hydrogens (primary N) is 1. The average molecular weight is 430 g/mol. The number of sulfonamides is 1. The highest BCUT2D eigenvalue weighted by molar-refractivity contribution is 7.92. The summed E-state index contributed by atoms with van der Waals surface area (Å²) in [6, 6.07) is 11.4. The molecule has 0 spiro atoms. The van der Waals surface area contributed by atoms with Gasteiger partial charge >= 0.3 is 0 Å². The lowest BCUT2D eigenvalue weighted by molar-refractivity contribution is 0.0953. The predicted molar refractivity (Wildman–Crippen MR) is 110 cm³/mol. The molecule has 0 bridgehead atoms. The average Bonchev–Trinajstić information content (AvgIpc) is 2.62. The molecule has 0 radical (unpaired) electrons. The van der Waals surface area contributed by atoms with Crippen LogP contribution in [0.2, 0.25) is 10.0 Å². The van der Waals surface area contributed by atoms with Gasteiger partial charge in [0, 0.05) is 12.1 Å². The smallest absolute Gasteiger partial charge is 0.251 e. The molecule has 6 nitrogen and oxygen atoms in total. The number of nitrogens with zero attached hydrogens (tertiary/aromatic N) is 1. The summed E-state index contributed by atoms with van der Waals surface area (Å²) in [7, 11) is -3.58. The highest BCUT2D eigenvalue weighted by Crippen LogP contribution is 2.29. The van der Waals surface area contributed by atoms with Gasteiger partial charge in [-0.1, -0.05) is 35.3 Å².